The van der Waals surface area contributed by atoms with E-state index in [4.69, 9.17) is 9.84 Å². The predicted octanol–water partition coefficient (Wildman–Crippen LogP) is 5.96. The van der Waals surface area contributed by atoms with Gasteiger partial charge in [-0.1, -0.05) is 96.8 Å². The highest BCUT2D eigenvalue weighted by Crippen LogP contribution is 2.25. The van der Waals surface area contributed by atoms with Crippen LogP contribution in [0.3, 0.4) is 0 Å². The molecule has 1 fully saturated rings. The van der Waals surface area contributed by atoms with Crippen LogP contribution in [0.5, 0.6) is 0 Å². The second-order valence-electron chi connectivity index (χ2n) is 7.20. The molecule has 0 aliphatic carbocycles. The molecule has 0 saturated carbocycles. The van der Waals surface area contributed by atoms with Crippen LogP contribution in [0, 0.1) is 5.92 Å². The highest BCUT2D eigenvalue weighted by molar-refractivity contribution is 5.71. The van der Waals surface area contributed by atoms with Crippen molar-refractivity contribution < 1.29 is 14.6 Å². The maximum absolute atomic E-state index is 11.1. The molecule has 0 aromatic rings. The Labute approximate surface area is 143 Å². The predicted molar refractivity (Wildman–Crippen MR) is 95.8 cm³/mol. The smallest absolute Gasteiger partial charge is 0.309 e. The van der Waals surface area contributed by atoms with Gasteiger partial charge in [0.15, 0.2) is 0 Å². The minimum absolute atomic E-state index is 0.00877. The van der Waals surface area contributed by atoms with E-state index in [1.165, 1.54) is 83.5 Å². The third kappa shape index (κ3) is 11.6. The lowest BCUT2D eigenvalue weighted by molar-refractivity contribution is -0.142. The molecule has 0 aromatic carbocycles. The molecule has 0 amide bonds. The Kier molecular flexibility index (Phi) is 12.3. The molecule has 1 N–H and O–H groups in total. The third-order valence-electron chi connectivity index (χ3n) is 4.99. The normalized spacial score (nSPS) is 18.0. The zero-order valence-electron chi connectivity index (χ0n) is 15.2. The van der Waals surface area contributed by atoms with Crippen LogP contribution in [0.25, 0.3) is 0 Å². The van der Waals surface area contributed by atoms with Gasteiger partial charge in [0.05, 0.1) is 18.6 Å². The quantitative estimate of drug-likeness (QED) is 0.265. The fourth-order valence-electron chi connectivity index (χ4n) is 3.32. The van der Waals surface area contributed by atoms with Crippen molar-refractivity contribution in [3.05, 3.63) is 0 Å². The Balaban J connectivity index is 1.75. The lowest BCUT2D eigenvalue weighted by Crippen LogP contribution is -2.19. The van der Waals surface area contributed by atoms with E-state index in [0.29, 0.717) is 6.61 Å². The summed E-state index contributed by atoms with van der Waals surface area (Å²) >= 11 is 0. The van der Waals surface area contributed by atoms with Crippen LogP contribution in [-0.4, -0.2) is 23.8 Å². The summed E-state index contributed by atoms with van der Waals surface area (Å²) in [7, 11) is 0. The monoisotopic (exact) mass is 326 g/mol. The summed E-state index contributed by atoms with van der Waals surface area (Å²) in [5.41, 5.74) is 0. The van der Waals surface area contributed by atoms with Crippen molar-refractivity contribution >= 4 is 5.97 Å². The molecule has 0 aromatic heterocycles. The van der Waals surface area contributed by atoms with E-state index in [1.807, 2.05) is 0 Å². The van der Waals surface area contributed by atoms with Gasteiger partial charge in [-0.05, 0) is 6.42 Å². The van der Waals surface area contributed by atoms with Crippen LogP contribution in [-0.2, 0) is 9.53 Å². The number of rotatable bonds is 17. The van der Waals surface area contributed by atoms with Crippen LogP contribution >= 0.6 is 0 Å². The number of carboxylic acid groups (broad SMARTS) is 1. The lowest BCUT2D eigenvalue weighted by Gasteiger charge is -2.08. The van der Waals surface area contributed by atoms with Crippen molar-refractivity contribution in [2.24, 2.45) is 5.92 Å². The highest BCUT2D eigenvalue weighted by atomic mass is 16.6. The standard InChI is InChI=1S/C20H38O3/c1-2-3-4-5-6-7-8-9-10-11-12-13-14-15-16-18(20(21)22)19-17-23-19/h18-19H,2-17H2,1H3,(H,21,22). The number of unbranched alkanes of at least 4 members (excludes halogenated alkanes) is 13. The van der Waals surface area contributed by atoms with Gasteiger partial charge in [0.1, 0.15) is 0 Å². The van der Waals surface area contributed by atoms with Gasteiger partial charge in [0.2, 0.25) is 0 Å². The Morgan fingerprint density at radius 1 is 0.870 bits per heavy atom. The van der Waals surface area contributed by atoms with E-state index in [9.17, 15) is 4.79 Å². The minimum atomic E-state index is -0.679. The summed E-state index contributed by atoms with van der Waals surface area (Å²) < 4.78 is 5.12. The van der Waals surface area contributed by atoms with Gasteiger partial charge in [-0.3, -0.25) is 4.79 Å². The van der Waals surface area contributed by atoms with Gasteiger partial charge in [-0.15, -0.1) is 0 Å². The van der Waals surface area contributed by atoms with Crippen molar-refractivity contribution in [1.29, 1.82) is 0 Å². The van der Waals surface area contributed by atoms with E-state index in [1.54, 1.807) is 0 Å². The Morgan fingerprint density at radius 2 is 1.26 bits per heavy atom. The minimum Gasteiger partial charge on any atom is -0.481 e. The maximum Gasteiger partial charge on any atom is 0.309 e. The van der Waals surface area contributed by atoms with Crippen molar-refractivity contribution in [3.63, 3.8) is 0 Å². The molecule has 3 heteroatoms. The van der Waals surface area contributed by atoms with Gasteiger partial charge < -0.3 is 9.84 Å². The molecule has 2 atom stereocenters. The van der Waals surface area contributed by atoms with Gasteiger partial charge >= 0.3 is 5.97 Å². The van der Waals surface area contributed by atoms with Crippen LogP contribution in [0.2, 0.25) is 0 Å². The topological polar surface area (TPSA) is 49.8 Å². The van der Waals surface area contributed by atoms with Gasteiger partial charge in [0.25, 0.3) is 0 Å². The van der Waals surface area contributed by atoms with Gasteiger partial charge in [-0.2, -0.15) is 0 Å². The number of hydrogen-bond acceptors (Lipinski definition) is 2. The van der Waals surface area contributed by atoms with Crippen molar-refractivity contribution in [3.8, 4) is 0 Å². The lowest BCUT2D eigenvalue weighted by atomic mass is 9.97. The number of aliphatic carboxylic acids is 1. The average Bonchev–Trinajstić information content (AvgIpc) is 3.35. The van der Waals surface area contributed by atoms with Crippen LogP contribution < -0.4 is 0 Å². The molecule has 1 aliphatic rings. The first-order chi connectivity index (χ1) is 11.3. The first-order valence-corrected chi connectivity index (χ1v) is 10.1. The SMILES string of the molecule is CCCCCCCCCCCCCCCCC(C(=O)O)C1CO1. The van der Waals surface area contributed by atoms with E-state index in [0.717, 1.165) is 12.8 Å². The van der Waals surface area contributed by atoms with Crippen LogP contribution in [0.1, 0.15) is 103 Å². The van der Waals surface area contributed by atoms with Gasteiger partial charge in [0, 0.05) is 0 Å². The second kappa shape index (κ2) is 13.8. The summed E-state index contributed by atoms with van der Waals surface area (Å²) in [6, 6.07) is 0. The zero-order chi connectivity index (χ0) is 16.8. The molecule has 2 unspecified atom stereocenters. The van der Waals surface area contributed by atoms with Crippen LogP contribution in [0.15, 0.2) is 0 Å². The van der Waals surface area contributed by atoms with Crippen molar-refractivity contribution in [2.45, 2.75) is 109 Å². The van der Waals surface area contributed by atoms with Crippen LogP contribution in [0.4, 0.5) is 0 Å². The summed E-state index contributed by atoms with van der Waals surface area (Å²) in [5, 5.41) is 9.11. The van der Waals surface area contributed by atoms with Crippen molar-refractivity contribution in [2.75, 3.05) is 6.61 Å². The number of hydrogen-bond donors (Lipinski definition) is 1. The molecule has 23 heavy (non-hydrogen) atoms. The second-order valence-corrected chi connectivity index (χ2v) is 7.20. The first-order valence-electron chi connectivity index (χ1n) is 10.1. The number of carboxylic acids is 1. The number of epoxide rings is 1. The highest BCUT2D eigenvalue weighted by Gasteiger charge is 2.37. The molecular weight excluding hydrogens is 288 g/mol. The molecule has 136 valence electrons. The summed E-state index contributed by atoms with van der Waals surface area (Å²) in [4.78, 5) is 11.1. The Morgan fingerprint density at radius 3 is 1.61 bits per heavy atom. The van der Waals surface area contributed by atoms with E-state index in [2.05, 4.69) is 6.92 Å². The molecule has 3 nitrogen and oxygen atoms in total. The van der Waals surface area contributed by atoms with E-state index >= 15 is 0 Å². The number of ether oxygens (including phenoxy) is 1. The van der Waals surface area contributed by atoms with E-state index < -0.39 is 5.97 Å². The summed E-state index contributed by atoms with van der Waals surface area (Å²) in [5.74, 6) is -0.936. The molecule has 1 saturated heterocycles. The Bertz CT molecular complexity index is 287. The molecule has 0 spiro atoms. The molecule has 0 bridgehead atoms. The molecule has 1 aliphatic heterocycles. The third-order valence-corrected chi connectivity index (χ3v) is 4.99. The van der Waals surface area contributed by atoms with E-state index in [-0.39, 0.29) is 12.0 Å². The fourth-order valence-corrected chi connectivity index (χ4v) is 3.32. The maximum atomic E-state index is 11.1. The fraction of sp³-hybridized carbons (Fsp3) is 0.950. The zero-order valence-corrected chi connectivity index (χ0v) is 15.2. The summed E-state index contributed by atoms with van der Waals surface area (Å²) in [6.45, 7) is 2.92. The average molecular weight is 327 g/mol. The first kappa shape index (κ1) is 20.5. The summed E-state index contributed by atoms with van der Waals surface area (Å²) in [6.07, 6.45) is 19.6. The largest absolute Gasteiger partial charge is 0.481 e. The number of carbonyl (C=O) groups is 1. The van der Waals surface area contributed by atoms with Gasteiger partial charge in [-0.25, -0.2) is 0 Å². The molecular formula is C20H38O3. The molecule has 1 heterocycles. The molecule has 1 rings (SSSR count). The Hall–Kier alpha value is -0.570. The molecule has 0 radical (unpaired) electrons. The van der Waals surface area contributed by atoms with Crippen molar-refractivity contribution in [1.82, 2.24) is 0 Å².